The van der Waals surface area contributed by atoms with Crippen LogP contribution in [0.1, 0.15) is 62.3 Å². The highest BCUT2D eigenvalue weighted by atomic mass is 35.5. The second-order valence-electron chi connectivity index (χ2n) is 9.51. The summed E-state index contributed by atoms with van der Waals surface area (Å²) in [7, 11) is 0. The largest absolute Gasteiger partial charge is 0.505 e. The number of nitrogens with one attached hydrogen (secondary N) is 1. The van der Waals surface area contributed by atoms with Gasteiger partial charge in [-0.25, -0.2) is 9.67 Å². The van der Waals surface area contributed by atoms with E-state index in [-0.39, 0.29) is 27.4 Å². The van der Waals surface area contributed by atoms with E-state index in [2.05, 4.69) is 29.2 Å². The number of halogens is 2. The van der Waals surface area contributed by atoms with Crippen LogP contribution >= 0.6 is 23.2 Å². The fourth-order valence-electron chi connectivity index (χ4n) is 3.40. The molecule has 34 heavy (non-hydrogen) atoms. The van der Waals surface area contributed by atoms with Gasteiger partial charge >= 0.3 is 0 Å². The Morgan fingerprint density at radius 3 is 2.21 bits per heavy atom. The van der Waals surface area contributed by atoms with Crippen LogP contribution in [0.4, 0.5) is 0 Å². The topological polar surface area (TPSA) is 97.1 Å². The van der Waals surface area contributed by atoms with Gasteiger partial charge in [0.2, 0.25) is 5.82 Å². The van der Waals surface area contributed by atoms with Gasteiger partial charge in [-0.05, 0) is 35.6 Å². The molecule has 2 N–H and O–H groups in total. The number of carbonyl (C=O) groups is 2. The van der Waals surface area contributed by atoms with Crippen molar-refractivity contribution in [3.05, 3.63) is 69.7 Å². The molecule has 3 rings (SSSR count). The summed E-state index contributed by atoms with van der Waals surface area (Å²) >= 11 is 12.0. The highest BCUT2D eigenvalue weighted by Crippen LogP contribution is 2.33. The number of carbonyl (C=O) groups excluding carboxylic acids is 2. The Balaban J connectivity index is 1.82. The maximum absolute atomic E-state index is 13.1. The van der Waals surface area contributed by atoms with Crippen LogP contribution in [0.3, 0.4) is 0 Å². The molecule has 0 aliphatic heterocycles. The Bertz CT molecular complexity index is 1170. The van der Waals surface area contributed by atoms with Crippen molar-refractivity contribution in [2.75, 3.05) is 0 Å². The molecule has 1 aromatic heterocycles. The zero-order valence-corrected chi connectivity index (χ0v) is 21.3. The van der Waals surface area contributed by atoms with Crippen LogP contribution in [0.2, 0.25) is 10.0 Å². The number of amides is 1. The minimum absolute atomic E-state index is 0.0447. The lowest BCUT2D eigenvalue weighted by molar-refractivity contribution is -0.128. The third-order valence-electron chi connectivity index (χ3n) is 5.41. The molecule has 3 aromatic rings. The highest BCUT2D eigenvalue weighted by molar-refractivity contribution is 6.37. The van der Waals surface area contributed by atoms with Gasteiger partial charge in [-0.3, -0.25) is 9.59 Å². The third-order valence-corrected chi connectivity index (χ3v) is 5.98. The molecule has 1 atom stereocenters. The van der Waals surface area contributed by atoms with Gasteiger partial charge in [-0.1, -0.05) is 82.1 Å². The molecular formula is C25H28Cl2N4O3. The summed E-state index contributed by atoms with van der Waals surface area (Å²) in [5.41, 5.74) is 1.92. The van der Waals surface area contributed by atoms with Crippen LogP contribution in [0.5, 0.6) is 5.75 Å². The molecule has 0 aliphatic carbocycles. The number of aromatic hydroxyl groups is 1. The molecular weight excluding hydrogens is 475 g/mol. The minimum Gasteiger partial charge on any atom is -0.505 e. The second-order valence-corrected chi connectivity index (χ2v) is 10.3. The Kier molecular flexibility index (Phi) is 7.68. The Morgan fingerprint density at radius 2 is 1.68 bits per heavy atom. The normalized spacial score (nSPS) is 12.6. The molecule has 0 saturated heterocycles. The van der Waals surface area contributed by atoms with Crippen molar-refractivity contribution in [1.82, 2.24) is 20.1 Å². The molecule has 1 amide bonds. The maximum atomic E-state index is 13.1. The SMILES string of the molecule is CC(C)c1ccc(CC(NC(=O)c2ncn(-c3cc(Cl)c(O)c(Cl)c3)n2)C(=O)C(C)(C)C)cc1. The van der Waals surface area contributed by atoms with Gasteiger partial charge < -0.3 is 10.4 Å². The Hall–Kier alpha value is -2.90. The lowest BCUT2D eigenvalue weighted by atomic mass is 9.84. The van der Waals surface area contributed by atoms with Crippen molar-refractivity contribution in [2.24, 2.45) is 5.41 Å². The first-order chi connectivity index (χ1) is 15.9. The van der Waals surface area contributed by atoms with Crippen molar-refractivity contribution in [3.8, 4) is 11.4 Å². The number of ketones is 1. The van der Waals surface area contributed by atoms with Gasteiger partial charge in [-0.2, -0.15) is 0 Å². The van der Waals surface area contributed by atoms with Crippen molar-refractivity contribution >= 4 is 34.9 Å². The van der Waals surface area contributed by atoms with E-state index in [9.17, 15) is 14.7 Å². The number of hydrogen-bond acceptors (Lipinski definition) is 5. The van der Waals surface area contributed by atoms with E-state index in [1.54, 1.807) is 0 Å². The average Bonchev–Trinajstić information content (AvgIpc) is 3.26. The van der Waals surface area contributed by atoms with E-state index < -0.39 is 17.4 Å². The van der Waals surface area contributed by atoms with Crippen LogP contribution in [0, 0.1) is 5.41 Å². The van der Waals surface area contributed by atoms with E-state index in [1.807, 2.05) is 45.0 Å². The van der Waals surface area contributed by atoms with E-state index >= 15 is 0 Å². The molecule has 0 spiro atoms. The molecule has 7 nitrogen and oxygen atoms in total. The lowest BCUT2D eigenvalue weighted by Crippen LogP contribution is -2.47. The second kappa shape index (κ2) is 10.2. The van der Waals surface area contributed by atoms with Crippen LogP contribution in [-0.2, 0) is 11.2 Å². The standard InChI is InChI=1S/C25H28Cl2N4O3/c1-14(2)16-8-6-15(7-9-16)10-20(22(33)25(3,4)5)29-24(34)23-28-13-31(30-23)17-11-18(26)21(32)19(27)12-17/h6-9,11-14,20,32H,10H2,1-5H3,(H,29,34). The number of aromatic nitrogens is 3. The van der Waals surface area contributed by atoms with Crippen LogP contribution in [0.25, 0.3) is 5.69 Å². The zero-order chi connectivity index (χ0) is 25.2. The smallest absolute Gasteiger partial charge is 0.291 e. The molecule has 0 radical (unpaired) electrons. The molecule has 0 fully saturated rings. The zero-order valence-electron chi connectivity index (χ0n) is 19.8. The van der Waals surface area contributed by atoms with E-state index in [0.29, 0.717) is 18.0 Å². The Labute approximate surface area is 209 Å². The molecule has 0 saturated carbocycles. The lowest BCUT2D eigenvalue weighted by Gasteiger charge is -2.25. The third kappa shape index (κ3) is 5.96. The van der Waals surface area contributed by atoms with Crippen molar-refractivity contribution in [2.45, 2.75) is 53.0 Å². The number of nitrogens with zero attached hydrogens (tertiary/aromatic N) is 3. The molecule has 180 valence electrons. The first-order valence-corrected chi connectivity index (χ1v) is 11.7. The number of phenols is 1. The average molecular weight is 503 g/mol. The van der Waals surface area contributed by atoms with E-state index in [0.717, 1.165) is 5.56 Å². The molecule has 1 heterocycles. The van der Waals surface area contributed by atoms with Gasteiger partial charge in [0, 0.05) is 5.41 Å². The van der Waals surface area contributed by atoms with E-state index in [1.165, 1.54) is 28.7 Å². The summed E-state index contributed by atoms with van der Waals surface area (Å²) in [5, 5.41) is 16.8. The quantitative estimate of drug-likeness (QED) is 0.453. The minimum atomic E-state index is -0.748. The van der Waals surface area contributed by atoms with Gasteiger partial charge in [0.25, 0.3) is 5.91 Å². The number of phenolic OH excluding ortho intramolecular Hbond substituents is 1. The van der Waals surface area contributed by atoms with Crippen molar-refractivity contribution < 1.29 is 14.7 Å². The number of Topliss-reactive ketones (excluding diaryl/α,β-unsaturated/α-hetero) is 1. The Morgan fingerprint density at radius 1 is 1.09 bits per heavy atom. The number of benzene rings is 2. The van der Waals surface area contributed by atoms with Crippen LogP contribution < -0.4 is 5.32 Å². The molecule has 0 bridgehead atoms. The summed E-state index contributed by atoms with van der Waals surface area (Å²) in [5.74, 6) is -0.612. The predicted molar refractivity (Wildman–Crippen MR) is 133 cm³/mol. The maximum Gasteiger partial charge on any atom is 0.291 e. The molecule has 0 aliphatic rings. The number of hydrogen-bond donors (Lipinski definition) is 2. The highest BCUT2D eigenvalue weighted by Gasteiger charge is 2.32. The first kappa shape index (κ1) is 25.7. The van der Waals surface area contributed by atoms with Crippen LogP contribution in [-0.4, -0.2) is 37.6 Å². The van der Waals surface area contributed by atoms with Gasteiger partial charge in [-0.15, -0.1) is 5.10 Å². The summed E-state index contributed by atoms with van der Waals surface area (Å²) < 4.78 is 1.32. The fraction of sp³-hybridized carbons (Fsp3) is 0.360. The van der Waals surface area contributed by atoms with Gasteiger partial charge in [0.15, 0.2) is 11.5 Å². The van der Waals surface area contributed by atoms with Crippen molar-refractivity contribution in [3.63, 3.8) is 0 Å². The molecule has 1 unspecified atom stereocenters. The fourth-order valence-corrected chi connectivity index (χ4v) is 3.88. The van der Waals surface area contributed by atoms with Crippen LogP contribution in [0.15, 0.2) is 42.7 Å². The molecule has 9 heteroatoms. The summed E-state index contributed by atoms with van der Waals surface area (Å²) in [4.78, 5) is 30.2. The number of rotatable bonds is 7. The summed E-state index contributed by atoms with van der Waals surface area (Å²) in [6.07, 6.45) is 1.68. The van der Waals surface area contributed by atoms with Gasteiger partial charge in [0.05, 0.1) is 21.8 Å². The molecule has 2 aromatic carbocycles. The van der Waals surface area contributed by atoms with E-state index in [4.69, 9.17) is 23.2 Å². The van der Waals surface area contributed by atoms with Gasteiger partial charge in [0.1, 0.15) is 6.33 Å². The summed E-state index contributed by atoms with van der Waals surface area (Å²) in [6, 6.07) is 10.2. The first-order valence-electron chi connectivity index (χ1n) is 10.9. The summed E-state index contributed by atoms with van der Waals surface area (Å²) in [6.45, 7) is 9.70. The predicted octanol–water partition coefficient (Wildman–Crippen LogP) is 5.36. The monoisotopic (exact) mass is 502 g/mol. The van der Waals surface area contributed by atoms with Crippen molar-refractivity contribution in [1.29, 1.82) is 0 Å².